The van der Waals surface area contributed by atoms with E-state index in [1.54, 1.807) is 6.07 Å². The van der Waals surface area contributed by atoms with Crippen LogP contribution in [0.2, 0.25) is 10.0 Å². The van der Waals surface area contributed by atoms with Gasteiger partial charge in [0, 0.05) is 32.1 Å². The summed E-state index contributed by atoms with van der Waals surface area (Å²) in [5.74, 6) is -1.58. The molecule has 3 amide bonds. The second kappa shape index (κ2) is 11.5. The molecule has 2 aromatic rings. The molecule has 4 rings (SSSR count). The van der Waals surface area contributed by atoms with E-state index in [0.717, 1.165) is 16.7 Å². The average molecular weight is 586 g/mol. The number of nitrogens with zero attached hydrogens (tertiary/aromatic N) is 2. The van der Waals surface area contributed by atoms with Crippen molar-refractivity contribution in [1.82, 2.24) is 14.5 Å². The highest BCUT2D eigenvalue weighted by Gasteiger charge is 2.36. The molecule has 0 saturated carbocycles. The molecule has 0 bridgehead atoms. The number of rotatable bonds is 7. The lowest BCUT2D eigenvalue weighted by Crippen LogP contribution is -2.44. The summed E-state index contributed by atoms with van der Waals surface area (Å²) in [7, 11) is -3.91. The van der Waals surface area contributed by atoms with Crippen molar-refractivity contribution in [2.75, 3.05) is 26.2 Å². The van der Waals surface area contributed by atoms with Crippen LogP contribution in [0.3, 0.4) is 0 Å². The van der Waals surface area contributed by atoms with Gasteiger partial charge in [-0.1, -0.05) is 41.4 Å². The highest BCUT2D eigenvalue weighted by atomic mass is 35.5. The van der Waals surface area contributed by atoms with Gasteiger partial charge in [-0.2, -0.15) is 4.31 Å². The molecule has 13 heteroatoms. The summed E-state index contributed by atoms with van der Waals surface area (Å²) in [6.07, 6.45) is 2.12. The third kappa shape index (κ3) is 6.18. The second-order valence-corrected chi connectivity index (χ2v) is 12.1. The molecule has 2 fully saturated rings. The van der Waals surface area contributed by atoms with E-state index in [1.807, 2.05) is 0 Å². The number of amides is 3. The van der Waals surface area contributed by atoms with Gasteiger partial charge in [-0.15, -0.1) is 0 Å². The van der Waals surface area contributed by atoms with Crippen molar-refractivity contribution in [3.8, 4) is 0 Å². The van der Waals surface area contributed by atoms with Gasteiger partial charge in [-0.05, 0) is 60.5 Å². The minimum Gasteiger partial charge on any atom is -0.354 e. The zero-order chi connectivity index (χ0) is 26.7. The van der Waals surface area contributed by atoms with Crippen molar-refractivity contribution in [3.05, 3.63) is 68.8 Å². The predicted octanol–water partition coefficient (Wildman–Crippen LogP) is 4.39. The molecular weight excluding hydrogens is 564 g/mol. The molecule has 1 N–H and O–H groups in total. The van der Waals surface area contributed by atoms with Crippen molar-refractivity contribution >= 4 is 68.1 Å². The largest absolute Gasteiger partial charge is 0.354 e. The van der Waals surface area contributed by atoms with Gasteiger partial charge >= 0.3 is 0 Å². The van der Waals surface area contributed by atoms with Gasteiger partial charge in [0.25, 0.3) is 11.1 Å². The first kappa shape index (κ1) is 27.6. The van der Waals surface area contributed by atoms with Crippen LogP contribution in [0.1, 0.15) is 18.4 Å². The smallest absolute Gasteiger partial charge is 0.293 e. The Bertz CT molecular complexity index is 1340. The van der Waals surface area contributed by atoms with Crippen LogP contribution in [0, 0.1) is 11.7 Å². The van der Waals surface area contributed by atoms with Crippen molar-refractivity contribution in [2.24, 2.45) is 5.92 Å². The third-order valence-electron chi connectivity index (χ3n) is 6.02. The maximum atomic E-state index is 13.1. The minimum atomic E-state index is -3.91. The quantitative estimate of drug-likeness (QED) is 0.483. The molecule has 0 atom stereocenters. The van der Waals surface area contributed by atoms with Crippen LogP contribution in [-0.2, 0) is 19.6 Å². The summed E-state index contributed by atoms with van der Waals surface area (Å²) < 4.78 is 40.4. The van der Waals surface area contributed by atoms with Crippen molar-refractivity contribution < 1.29 is 27.2 Å². The van der Waals surface area contributed by atoms with E-state index in [0.29, 0.717) is 18.4 Å². The SMILES string of the molecule is O=C(NCCN1C(=O)S/C(=C\c2ccc(F)cc2)C1=O)C1CCN(S(=O)(=O)c2c(Cl)cccc2Cl)CC1. The van der Waals surface area contributed by atoms with Gasteiger partial charge in [0.05, 0.1) is 15.0 Å². The number of carbonyl (C=O) groups excluding carboxylic acids is 3. The molecule has 196 valence electrons. The number of hydrogen-bond donors (Lipinski definition) is 1. The van der Waals surface area contributed by atoms with Crippen LogP contribution < -0.4 is 5.32 Å². The lowest BCUT2D eigenvalue weighted by Gasteiger charge is -2.31. The minimum absolute atomic E-state index is 0.00457. The zero-order valence-electron chi connectivity index (χ0n) is 19.3. The number of thioether (sulfide) groups is 1. The molecule has 8 nitrogen and oxygen atoms in total. The molecule has 0 aromatic heterocycles. The maximum Gasteiger partial charge on any atom is 0.293 e. The Morgan fingerprint density at radius 2 is 1.70 bits per heavy atom. The predicted molar refractivity (Wildman–Crippen MR) is 140 cm³/mol. The topological polar surface area (TPSA) is 104 Å². The van der Waals surface area contributed by atoms with Gasteiger partial charge in [-0.25, -0.2) is 12.8 Å². The van der Waals surface area contributed by atoms with Gasteiger partial charge < -0.3 is 5.32 Å². The van der Waals surface area contributed by atoms with Crippen molar-refractivity contribution in [2.45, 2.75) is 17.7 Å². The first-order valence-corrected chi connectivity index (χ1v) is 14.3. The fourth-order valence-corrected chi connectivity index (χ4v) is 7.48. The fraction of sp³-hybridized carbons (Fsp3) is 0.292. The maximum absolute atomic E-state index is 13.1. The Kier molecular flexibility index (Phi) is 8.59. The van der Waals surface area contributed by atoms with Gasteiger partial charge in [-0.3, -0.25) is 19.3 Å². The summed E-state index contributed by atoms with van der Waals surface area (Å²) in [6.45, 7) is 0.308. The van der Waals surface area contributed by atoms with E-state index in [1.165, 1.54) is 46.8 Å². The number of carbonyl (C=O) groups is 3. The van der Waals surface area contributed by atoms with Gasteiger partial charge in [0.1, 0.15) is 10.7 Å². The Labute approximate surface area is 227 Å². The standard InChI is InChI=1S/C24H22Cl2FN3O5S2/c25-18-2-1-3-19(26)21(18)37(34,35)29-11-8-16(9-12-29)22(31)28-10-13-30-23(32)20(36-24(30)33)14-15-4-6-17(27)7-5-15/h1-7,14,16H,8-13H2,(H,28,31)/b20-14-. The molecule has 0 unspecified atom stereocenters. The normalized spacial score (nSPS) is 18.6. The Morgan fingerprint density at radius 3 is 2.32 bits per heavy atom. The van der Waals surface area contributed by atoms with E-state index in [-0.39, 0.29) is 51.9 Å². The molecule has 2 saturated heterocycles. The summed E-state index contributed by atoms with van der Waals surface area (Å²) in [5.41, 5.74) is 0.588. The number of sulfonamides is 1. The number of benzene rings is 2. The van der Waals surface area contributed by atoms with Gasteiger partial charge in [0.2, 0.25) is 15.9 Å². The molecule has 0 radical (unpaired) electrons. The summed E-state index contributed by atoms with van der Waals surface area (Å²) in [6, 6.07) is 10.00. The van der Waals surface area contributed by atoms with E-state index >= 15 is 0 Å². The Balaban J connectivity index is 1.28. The fourth-order valence-electron chi connectivity index (χ4n) is 4.05. The van der Waals surface area contributed by atoms with Crippen LogP contribution in [0.4, 0.5) is 9.18 Å². The van der Waals surface area contributed by atoms with E-state index in [9.17, 15) is 27.2 Å². The highest BCUT2D eigenvalue weighted by Crippen LogP contribution is 2.34. The number of hydrogen-bond acceptors (Lipinski definition) is 6. The number of piperidine rings is 1. The van der Waals surface area contributed by atoms with Crippen LogP contribution in [0.5, 0.6) is 0 Å². The Hall–Kier alpha value is -2.44. The van der Waals surface area contributed by atoms with Crippen molar-refractivity contribution in [3.63, 3.8) is 0 Å². The molecule has 37 heavy (non-hydrogen) atoms. The van der Waals surface area contributed by atoms with Crippen LogP contribution in [0.15, 0.2) is 52.3 Å². The first-order valence-electron chi connectivity index (χ1n) is 11.3. The molecular formula is C24H22Cl2FN3O5S2. The molecule has 2 aromatic carbocycles. The summed E-state index contributed by atoms with van der Waals surface area (Å²) in [5, 5.41) is 2.34. The lowest BCUT2D eigenvalue weighted by molar-refractivity contribution is -0.127. The molecule has 2 aliphatic heterocycles. The lowest BCUT2D eigenvalue weighted by atomic mass is 9.97. The highest BCUT2D eigenvalue weighted by molar-refractivity contribution is 8.18. The third-order valence-corrected chi connectivity index (χ3v) is 9.78. The van der Waals surface area contributed by atoms with Gasteiger partial charge in [0.15, 0.2) is 0 Å². The Morgan fingerprint density at radius 1 is 1.08 bits per heavy atom. The zero-order valence-corrected chi connectivity index (χ0v) is 22.5. The van der Waals surface area contributed by atoms with E-state index < -0.39 is 32.9 Å². The van der Waals surface area contributed by atoms with Crippen LogP contribution in [-0.4, -0.2) is 60.9 Å². The average Bonchev–Trinajstić information content (AvgIpc) is 3.12. The number of imide groups is 1. The number of halogens is 3. The second-order valence-electron chi connectivity index (χ2n) is 8.41. The van der Waals surface area contributed by atoms with Crippen LogP contribution >= 0.6 is 35.0 Å². The van der Waals surface area contributed by atoms with Crippen molar-refractivity contribution in [1.29, 1.82) is 0 Å². The molecule has 2 aliphatic rings. The van der Waals surface area contributed by atoms with Crippen LogP contribution in [0.25, 0.3) is 6.08 Å². The monoisotopic (exact) mass is 585 g/mol. The van der Waals surface area contributed by atoms with E-state index in [2.05, 4.69) is 5.32 Å². The van der Waals surface area contributed by atoms with E-state index in [4.69, 9.17) is 23.2 Å². The molecule has 0 spiro atoms. The molecule has 2 heterocycles. The summed E-state index contributed by atoms with van der Waals surface area (Å²) in [4.78, 5) is 38.7. The summed E-state index contributed by atoms with van der Waals surface area (Å²) >= 11 is 12.9. The number of nitrogens with one attached hydrogen (secondary N) is 1. The molecule has 0 aliphatic carbocycles. The first-order chi connectivity index (χ1) is 17.6.